The van der Waals surface area contributed by atoms with Crippen molar-refractivity contribution >= 4 is 29.0 Å². The molecule has 6 nitrogen and oxygen atoms in total. The van der Waals surface area contributed by atoms with Gasteiger partial charge in [-0.15, -0.1) is 0 Å². The van der Waals surface area contributed by atoms with Crippen LogP contribution in [0.5, 0.6) is 11.5 Å². The minimum atomic E-state index is -0.619. The fraction of sp³-hybridized carbons (Fsp3) is 0.263. The maximum absolute atomic E-state index is 14.0. The predicted molar refractivity (Wildman–Crippen MR) is 96.1 cm³/mol. The van der Waals surface area contributed by atoms with Gasteiger partial charge in [0, 0.05) is 6.07 Å². The Labute approximate surface area is 160 Å². The van der Waals surface area contributed by atoms with Crippen LogP contribution in [0.15, 0.2) is 30.3 Å². The van der Waals surface area contributed by atoms with Crippen molar-refractivity contribution in [2.45, 2.75) is 6.54 Å². The molecule has 27 heavy (non-hydrogen) atoms. The van der Waals surface area contributed by atoms with Crippen molar-refractivity contribution in [2.24, 2.45) is 0 Å². The van der Waals surface area contributed by atoms with E-state index in [1.54, 1.807) is 31.3 Å². The summed E-state index contributed by atoms with van der Waals surface area (Å²) in [6.07, 6.45) is 0. The molecule has 0 bridgehead atoms. The van der Waals surface area contributed by atoms with Crippen LogP contribution in [0.1, 0.15) is 15.9 Å². The van der Waals surface area contributed by atoms with Crippen molar-refractivity contribution in [1.82, 2.24) is 0 Å². The third-order valence-electron chi connectivity index (χ3n) is 4.60. The molecule has 2 aromatic rings. The summed E-state index contributed by atoms with van der Waals surface area (Å²) in [4.78, 5) is 27.0. The molecule has 1 amide bonds. The van der Waals surface area contributed by atoms with Gasteiger partial charge in [0.05, 0.1) is 28.9 Å². The van der Waals surface area contributed by atoms with Crippen LogP contribution in [-0.2, 0) is 11.3 Å². The highest BCUT2D eigenvalue weighted by Crippen LogP contribution is 2.40. The van der Waals surface area contributed by atoms with Gasteiger partial charge < -0.3 is 14.4 Å². The molecule has 4 rings (SSSR count). The fourth-order valence-corrected chi connectivity index (χ4v) is 3.55. The minimum absolute atomic E-state index is 0.182. The van der Waals surface area contributed by atoms with E-state index < -0.39 is 17.5 Å². The molecule has 2 aliphatic heterocycles. The van der Waals surface area contributed by atoms with Gasteiger partial charge in [0.1, 0.15) is 25.6 Å². The number of hydrogen-bond donors (Lipinski definition) is 1. The Kier molecular flexibility index (Phi) is 4.49. The molecule has 0 saturated heterocycles. The van der Waals surface area contributed by atoms with Gasteiger partial charge in [0.2, 0.25) is 0 Å². The molecule has 140 valence electrons. The zero-order valence-corrected chi connectivity index (χ0v) is 15.3. The molecule has 0 fully saturated rings. The number of Topliss-reactive ketones (excluding diaryl/α,β-unsaturated/α-hetero) is 1. The predicted octanol–water partition coefficient (Wildman–Crippen LogP) is 1.45. The summed E-state index contributed by atoms with van der Waals surface area (Å²) in [5.74, 6) is -0.639. The lowest BCUT2D eigenvalue weighted by atomic mass is 10.1. The van der Waals surface area contributed by atoms with Crippen LogP contribution in [-0.4, -0.2) is 38.6 Å². The smallest absolute Gasteiger partial charge is 0.303 e. The zero-order valence-electron chi connectivity index (χ0n) is 14.6. The number of benzene rings is 2. The van der Waals surface area contributed by atoms with Crippen molar-refractivity contribution in [1.29, 1.82) is 0 Å². The van der Waals surface area contributed by atoms with Crippen molar-refractivity contribution in [3.63, 3.8) is 0 Å². The van der Waals surface area contributed by atoms with Gasteiger partial charge >= 0.3 is 5.91 Å². The van der Waals surface area contributed by atoms with Gasteiger partial charge in [-0.1, -0.05) is 17.7 Å². The lowest BCUT2D eigenvalue weighted by molar-refractivity contribution is -0.892. The van der Waals surface area contributed by atoms with Gasteiger partial charge in [-0.25, -0.2) is 4.39 Å². The molecule has 1 atom stereocenters. The lowest BCUT2D eigenvalue weighted by Crippen LogP contribution is -3.09. The lowest BCUT2D eigenvalue weighted by Gasteiger charge is -2.24. The number of rotatable bonds is 4. The molecule has 0 aromatic heterocycles. The number of ketones is 1. The number of halogens is 2. The Morgan fingerprint density at radius 2 is 1.89 bits per heavy atom. The van der Waals surface area contributed by atoms with Gasteiger partial charge in [-0.3, -0.25) is 14.5 Å². The summed E-state index contributed by atoms with van der Waals surface area (Å²) in [7, 11) is 1.80. The van der Waals surface area contributed by atoms with E-state index in [2.05, 4.69) is 0 Å². The van der Waals surface area contributed by atoms with E-state index in [1.165, 1.54) is 11.0 Å². The number of nitrogens with zero attached hydrogens (tertiary/aromatic N) is 1. The first-order valence-electron chi connectivity index (χ1n) is 8.49. The van der Waals surface area contributed by atoms with E-state index >= 15 is 0 Å². The largest absolute Gasteiger partial charge is 0.486 e. The topological polar surface area (TPSA) is 60.3 Å². The summed E-state index contributed by atoms with van der Waals surface area (Å²) in [6.45, 7) is 1.25. The van der Waals surface area contributed by atoms with Gasteiger partial charge in [-0.05, 0) is 18.2 Å². The first-order chi connectivity index (χ1) is 13.0. The minimum Gasteiger partial charge on any atom is -0.486 e. The third kappa shape index (κ3) is 3.13. The molecule has 0 aliphatic carbocycles. The van der Waals surface area contributed by atoms with E-state index in [0.717, 1.165) is 4.90 Å². The third-order valence-corrected chi connectivity index (χ3v) is 4.96. The average molecular weight is 392 g/mol. The van der Waals surface area contributed by atoms with Crippen molar-refractivity contribution in [3.8, 4) is 11.5 Å². The molecular weight excluding hydrogens is 375 g/mol. The number of carbonyl (C=O) groups excluding carboxylic acids is 2. The summed E-state index contributed by atoms with van der Waals surface area (Å²) in [5, 5.41) is 0.332. The first-order valence-corrected chi connectivity index (χ1v) is 8.87. The Hall–Kier alpha value is -2.64. The molecule has 8 heteroatoms. The molecule has 1 unspecified atom stereocenters. The van der Waals surface area contributed by atoms with E-state index in [9.17, 15) is 14.0 Å². The summed E-state index contributed by atoms with van der Waals surface area (Å²) < 4.78 is 25.1. The Morgan fingerprint density at radius 1 is 1.19 bits per heavy atom. The normalized spacial score (nSPS) is 16.5. The summed E-state index contributed by atoms with van der Waals surface area (Å²) >= 11 is 6.08. The van der Waals surface area contributed by atoms with Crippen molar-refractivity contribution in [2.75, 3.05) is 31.8 Å². The van der Waals surface area contributed by atoms with E-state index in [4.69, 9.17) is 21.1 Å². The molecule has 2 heterocycles. The SMILES string of the molecule is C[NH+](Cc1c(F)cccc1Cl)CN1C(=O)C(=O)c2cc3c(cc21)OCCO3. The average Bonchev–Trinajstić information content (AvgIpc) is 2.88. The Balaban J connectivity index is 1.60. The molecule has 1 N–H and O–H groups in total. The second-order valence-corrected chi connectivity index (χ2v) is 6.97. The quantitative estimate of drug-likeness (QED) is 0.801. The number of ether oxygens (including phenoxy) is 2. The standard InChI is InChI=1S/C19H16ClFN2O4/c1-22(9-12-13(20)3-2-4-14(12)21)10-23-15-8-17-16(26-5-6-27-17)7-11(15)18(24)19(23)25/h2-4,7-8H,5-6,9-10H2,1H3/p+1. The molecule has 2 aromatic carbocycles. The first kappa shape index (κ1) is 17.8. The number of amides is 1. The summed E-state index contributed by atoms with van der Waals surface area (Å²) in [5.41, 5.74) is 1.14. The van der Waals surface area contributed by atoms with Crippen LogP contribution in [0.4, 0.5) is 10.1 Å². The van der Waals surface area contributed by atoms with E-state index in [-0.39, 0.29) is 13.2 Å². The Morgan fingerprint density at radius 3 is 2.59 bits per heavy atom. The highest BCUT2D eigenvalue weighted by atomic mass is 35.5. The number of nitrogens with one attached hydrogen (secondary N) is 1. The highest BCUT2D eigenvalue weighted by molar-refractivity contribution is 6.52. The number of hydrogen-bond acceptors (Lipinski definition) is 4. The molecule has 2 aliphatic rings. The van der Waals surface area contributed by atoms with E-state index in [0.29, 0.717) is 46.5 Å². The second kappa shape index (κ2) is 6.83. The van der Waals surface area contributed by atoms with Crippen molar-refractivity contribution in [3.05, 3.63) is 52.3 Å². The molecule has 0 radical (unpaired) electrons. The van der Waals surface area contributed by atoms with Crippen LogP contribution < -0.4 is 19.3 Å². The van der Waals surface area contributed by atoms with Crippen LogP contribution >= 0.6 is 11.6 Å². The highest BCUT2D eigenvalue weighted by Gasteiger charge is 2.39. The molecule has 0 spiro atoms. The summed E-state index contributed by atoms with van der Waals surface area (Å²) in [6, 6.07) is 7.71. The molecule has 0 saturated carbocycles. The number of quaternary nitrogens is 1. The second-order valence-electron chi connectivity index (χ2n) is 6.57. The van der Waals surface area contributed by atoms with Crippen LogP contribution in [0, 0.1) is 5.82 Å². The van der Waals surface area contributed by atoms with Gasteiger partial charge in [-0.2, -0.15) is 0 Å². The number of anilines is 1. The van der Waals surface area contributed by atoms with Crippen LogP contribution in [0.2, 0.25) is 5.02 Å². The zero-order chi connectivity index (χ0) is 19.1. The Bertz CT molecular complexity index is 929. The number of fused-ring (bicyclic) bond motifs is 2. The van der Waals surface area contributed by atoms with Crippen LogP contribution in [0.3, 0.4) is 0 Å². The van der Waals surface area contributed by atoms with Crippen LogP contribution in [0.25, 0.3) is 0 Å². The number of carbonyl (C=O) groups is 2. The van der Waals surface area contributed by atoms with E-state index in [1.807, 2.05) is 0 Å². The van der Waals surface area contributed by atoms with Crippen molar-refractivity contribution < 1.29 is 28.4 Å². The maximum atomic E-state index is 14.0. The maximum Gasteiger partial charge on any atom is 0.303 e. The van der Waals surface area contributed by atoms with Gasteiger partial charge in [0.25, 0.3) is 5.78 Å². The van der Waals surface area contributed by atoms with Gasteiger partial charge in [0.15, 0.2) is 18.2 Å². The fourth-order valence-electron chi connectivity index (χ4n) is 3.32. The molecular formula is C19H17ClFN2O4+. The monoisotopic (exact) mass is 391 g/mol.